The van der Waals surface area contributed by atoms with E-state index in [1.165, 1.54) is 0 Å². The summed E-state index contributed by atoms with van der Waals surface area (Å²) in [5, 5.41) is 2.38. The second-order valence-corrected chi connectivity index (χ2v) is 4.96. The summed E-state index contributed by atoms with van der Waals surface area (Å²) >= 11 is 6.13. The number of fused-ring (bicyclic) bond motifs is 1. The fraction of sp³-hybridized carbons (Fsp3) is 0.0625. The van der Waals surface area contributed by atoms with Gasteiger partial charge in [0.25, 0.3) is 0 Å². The zero-order chi connectivity index (χ0) is 14.1. The minimum Gasteiger partial charge on any atom is -0.455 e. The summed E-state index contributed by atoms with van der Waals surface area (Å²) in [5.74, 6) is 1.34. The van der Waals surface area contributed by atoms with Gasteiger partial charge in [-0.15, -0.1) is 0 Å². The predicted molar refractivity (Wildman–Crippen MR) is 82.4 cm³/mol. The number of aromatic nitrogens is 1. The van der Waals surface area contributed by atoms with Gasteiger partial charge in [0, 0.05) is 28.4 Å². The van der Waals surface area contributed by atoms with E-state index in [2.05, 4.69) is 4.98 Å². The molecule has 0 amide bonds. The Morgan fingerprint density at radius 2 is 1.85 bits per heavy atom. The van der Waals surface area contributed by atoms with Crippen molar-refractivity contribution in [2.75, 3.05) is 5.73 Å². The zero-order valence-electron chi connectivity index (χ0n) is 10.9. The van der Waals surface area contributed by atoms with Crippen LogP contribution in [0.1, 0.15) is 5.69 Å². The van der Waals surface area contributed by atoms with E-state index in [1.54, 1.807) is 12.3 Å². The first-order valence-corrected chi connectivity index (χ1v) is 6.60. The molecule has 0 atom stereocenters. The van der Waals surface area contributed by atoms with Crippen LogP contribution in [0.5, 0.6) is 11.5 Å². The SMILES string of the molecule is Cc1cc2c(Oc3ccccc3Cl)ccc(N)c2cn1. The Labute approximate surface area is 122 Å². The minimum atomic E-state index is 0.572. The molecule has 0 bridgehead atoms. The number of nitrogens with zero attached hydrogens (tertiary/aromatic N) is 1. The van der Waals surface area contributed by atoms with Crippen molar-refractivity contribution in [1.82, 2.24) is 4.98 Å². The second kappa shape index (κ2) is 5.02. The maximum atomic E-state index is 6.13. The van der Waals surface area contributed by atoms with E-state index in [4.69, 9.17) is 22.1 Å². The molecule has 4 heteroatoms. The third kappa shape index (κ3) is 2.28. The number of hydrogen-bond donors (Lipinski definition) is 1. The Morgan fingerprint density at radius 3 is 2.65 bits per heavy atom. The maximum Gasteiger partial charge on any atom is 0.146 e. The number of benzene rings is 2. The Bertz CT molecular complexity index is 787. The lowest BCUT2D eigenvalue weighted by atomic mass is 10.1. The molecule has 0 spiro atoms. The molecule has 3 rings (SSSR count). The number of ether oxygens (including phenoxy) is 1. The van der Waals surface area contributed by atoms with Crippen LogP contribution in [0.25, 0.3) is 10.8 Å². The van der Waals surface area contributed by atoms with Crippen molar-refractivity contribution >= 4 is 28.1 Å². The van der Waals surface area contributed by atoms with Gasteiger partial charge in [-0.25, -0.2) is 0 Å². The molecule has 100 valence electrons. The smallest absolute Gasteiger partial charge is 0.146 e. The van der Waals surface area contributed by atoms with Gasteiger partial charge in [0.1, 0.15) is 11.5 Å². The Kier molecular flexibility index (Phi) is 3.20. The van der Waals surface area contributed by atoms with Gasteiger partial charge in [0.05, 0.1) is 5.02 Å². The molecule has 1 heterocycles. The lowest BCUT2D eigenvalue weighted by Gasteiger charge is -2.11. The van der Waals surface area contributed by atoms with Crippen molar-refractivity contribution < 1.29 is 4.74 Å². The van der Waals surface area contributed by atoms with Gasteiger partial charge < -0.3 is 10.5 Å². The fourth-order valence-electron chi connectivity index (χ4n) is 2.07. The van der Waals surface area contributed by atoms with Gasteiger partial charge in [-0.05, 0) is 37.3 Å². The molecule has 3 aromatic rings. The molecule has 0 aliphatic heterocycles. The van der Waals surface area contributed by atoms with Crippen LogP contribution in [-0.2, 0) is 0 Å². The van der Waals surface area contributed by atoms with Crippen LogP contribution in [0.3, 0.4) is 0 Å². The number of pyridine rings is 1. The van der Waals surface area contributed by atoms with E-state index in [0.29, 0.717) is 22.2 Å². The highest BCUT2D eigenvalue weighted by atomic mass is 35.5. The number of aryl methyl sites for hydroxylation is 1. The van der Waals surface area contributed by atoms with Gasteiger partial charge in [-0.2, -0.15) is 0 Å². The van der Waals surface area contributed by atoms with E-state index in [0.717, 1.165) is 16.5 Å². The molecule has 2 N–H and O–H groups in total. The van der Waals surface area contributed by atoms with Crippen LogP contribution in [0.15, 0.2) is 48.7 Å². The van der Waals surface area contributed by atoms with Crippen molar-refractivity contribution in [2.45, 2.75) is 6.92 Å². The Morgan fingerprint density at radius 1 is 1.05 bits per heavy atom. The van der Waals surface area contributed by atoms with Crippen LogP contribution >= 0.6 is 11.6 Å². The van der Waals surface area contributed by atoms with Gasteiger partial charge in [0.15, 0.2) is 0 Å². The first-order chi connectivity index (χ1) is 9.65. The van der Waals surface area contributed by atoms with Crippen molar-refractivity contribution in [1.29, 1.82) is 0 Å². The first-order valence-electron chi connectivity index (χ1n) is 6.22. The molecule has 2 aromatic carbocycles. The van der Waals surface area contributed by atoms with Crippen LogP contribution < -0.4 is 10.5 Å². The number of nitrogens with two attached hydrogens (primary N) is 1. The summed E-state index contributed by atoms with van der Waals surface area (Å²) in [7, 11) is 0. The highest BCUT2D eigenvalue weighted by molar-refractivity contribution is 6.32. The van der Waals surface area contributed by atoms with E-state index in [9.17, 15) is 0 Å². The molecule has 0 radical (unpaired) electrons. The highest BCUT2D eigenvalue weighted by Gasteiger charge is 2.09. The monoisotopic (exact) mass is 284 g/mol. The van der Waals surface area contributed by atoms with E-state index >= 15 is 0 Å². The van der Waals surface area contributed by atoms with Crippen LogP contribution in [0, 0.1) is 6.92 Å². The van der Waals surface area contributed by atoms with Crippen molar-refractivity contribution in [2.24, 2.45) is 0 Å². The topological polar surface area (TPSA) is 48.1 Å². The molecular formula is C16H13ClN2O. The first kappa shape index (κ1) is 12.8. The summed E-state index contributed by atoms with van der Waals surface area (Å²) < 4.78 is 5.92. The number of para-hydroxylation sites is 1. The molecule has 1 aromatic heterocycles. The summed E-state index contributed by atoms with van der Waals surface area (Å²) in [4.78, 5) is 4.27. The Balaban J connectivity index is 2.15. The number of halogens is 1. The number of anilines is 1. The number of nitrogen functional groups attached to an aromatic ring is 1. The summed E-state index contributed by atoms with van der Waals surface area (Å²) in [5.41, 5.74) is 7.57. The van der Waals surface area contributed by atoms with E-state index in [-0.39, 0.29) is 0 Å². The van der Waals surface area contributed by atoms with Crippen molar-refractivity contribution in [3.05, 3.63) is 59.4 Å². The number of rotatable bonds is 2. The summed E-state index contributed by atoms with van der Waals surface area (Å²) in [6.45, 7) is 1.93. The number of hydrogen-bond acceptors (Lipinski definition) is 3. The zero-order valence-corrected chi connectivity index (χ0v) is 11.7. The second-order valence-electron chi connectivity index (χ2n) is 4.56. The highest BCUT2D eigenvalue weighted by Crippen LogP contribution is 2.35. The molecule has 0 fully saturated rings. The normalized spacial score (nSPS) is 10.7. The largest absolute Gasteiger partial charge is 0.455 e. The van der Waals surface area contributed by atoms with E-state index in [1.807, 2.05) is 43.3 Å². The molecule has 0 unspecified atom stereocenters. The molecule has 0 aliphatic carbocycles. The molecule has 0 saturated heterocycles. The molecule has 20 heavy (non-hydrogen) atoms. The lowest BCUT2D eigenvalue weighted by Crippen LogP contribution is -1.93. The van der Waals surface area contributed by atoms with Gasteiger partial charge in [-0.1, -0.05) is 23.7 Å². The van der Waals surface area contributed by atoms with Crippen LogP contribution in [-0.4, -0.2) is 4.98 Å². The quantitative estimate of drug-likeness (QED) is 0.701. The Hall–Kier alpha value is -2.26. The van der Waals surface area contributed by atoms with Gasteiger partial charge in [-0.3, -0.25) is 4.98 Å². The lowest BCUT2D eigenvalue weighted by molar-refractivity contribution is 0.488. The van der Waals surface area contributed by atoms with Crippen molar-refractivity contribution in [3.8, 4) is 11.5 Å². The van der Waals surface area contributed by atoms with E-state index < -0.39 is 0 Å². The van der Waals surface area contributed by atoms with Crippen LogP contribution in [0.2, 0.25) is 5.02 Å². The third-order valence-electron chi connectivity index (χ3n) is 3.09. The molecular weight excluding hydrogens is 272 g/mol. The summed E-state index contributed by atoms with van der Waals surface area (Å²) in [6, 6.07) is 13.0. The molecule has 3 nitrogen and oxygen atoms in total. The van der Waals surface area contributed by atoms with Crippen LogP contribution in [0.4, 0.5) is 5.69 Å². The average Bonchev–Trinajstić information content (AvgIpc) is 2.44. The third-order valence-corrected chi connectivity index (χ3v) is 3.40. The molecule has 0 aliphatic rings. The van der Waals surface area contributed by atoms with Gasteiger partial charge in [0.2, 0.25) is 0 Å². The molecule has 0 saturated carbocycles. The fourth-order valence-corrected chi connectivity index (χ4v) is 2.25. The maximum absolute atomic E-state index is 6.13. The standard InChI is InChI=1S/C16H13ClN2O/c1-10-8-11-12(9-19-10)14(18)6-7-15(11)20-16-5-3-2-4-13(16)17/h2-9H,18H2,1H3. The van der Waals surface area contributed by atoms with Gasteiger partial charge >= 0.3 is 0 Å². The van der Waals surface area contributed by atoms with Crippen molar-refractivity contribution in [3.63, 3.8) is 0 Å². The predicted octanol–water partition coefficient (Wildman–Crippen LogP) is 4.57. The summed E-state index contributed by atoms with van der Waals surface area (Å²) in [6.07, 6.45) is 1.76. The average molecular weight is 285 g/mol. The minimum absolute atomic E-state index is 0.572.